The van der Waals surface area contributed by atoms with Crippen molar-refractivity contribution >= 4 is 28.2 Å². The Balaban J connectivity index is 1.61. The molecule has 0 aliphatic heterocycles. The number of halogens is 1. The predicted molar refractivity (Wildman–Crippen MR) is 98.6 cm³/mol. The van der Waals surface area contributed by atoms with E-state index in [1.54, 1.807) is 5.56 Å². The summed E-state index contributed by atoms with van der Waals surface area (Å²) in [6, 6.07) is 10.9. The third-order valence-corrected chi connectivity index (χ3v) is 7.71. The zero-order valence-electron chi connectivity index (χ0n) is 14.1. The van der Waals surface area contributed by atoms with E-state index in [9.17, 15) is 4.79 Å². The van der Waals surface area contributed by atoms with E-state index in [-0.39, 0.29) is 5.41 Å². The molecule has 2 aromatic carbocycles. The van der Waals surface area contributed by atoms with E-state index in [2.05, 4.69) is 25.1 Å². The Morgan fingerprint density at radius 3 is 2.88 bits per heavy atom. The van der Waals surface area contributed by atoms with Gasteiger partial charge in [-0.05, 0) is 78.5 Å². The second kappa shape index (κ2) is 5.08. The average Bonchev–Trinajstić information content (AvgIpc) is 2.89. The molecule has 5 rings (SSSR count). The molecule has 0 bridgehead atoms. The van der Waals surface area contributed by atoms with Gasteiger partial charge >= 0.3 is 0 Å². The Morgan fingerprint density at radius 1 is 1.12 bits per heavy atom. The first kappa shape index (κ1) is 15.0. The molecule has 1 nitrogen and oxygen atoms in total. The van der Waals surface area contributed by atoms with Crippen molar-refractivity contribution in [3.63, 3.8) is 0 Å². The molecule has 24 heavy (non-hydrogen) atoms. The standard InChI is InChI=1S/C22H23ClO/c1-22-10-9-15-16(19(22)7-8-21(22)24)6-5-14-12-18-13(11-17(14)15)3-2-4-20(18)23/h2-4,11-12,15-16,19H,5-10H2,1H3/t15?,16?,19?,22-/m0/s1. The third-order valence-electron chi connectivity index (χ3n) is 7.38. The molecule has 0 saturated heterocycles. The zero-order chi connectivity index (χ0) is 16.5. The van der Waals surface area contributed by atoms with Gasteiger partial charge in [-0.2, -0.15) is 0 Å². The summed E-state index contributed by atoms with van der Waals surface area (Å²) in [5.41, 5.74) is 3.01. The fourth-order valence-corrected chi connectivity index (χ4v) is 6.32. The van der Waals surface area contributed by atoms with Crippen LogP contribution < -0.4 is 0 Å². The molecule has 3 aliphatic carbocycles. The van der Waals surface area contributed by atoms with Crippen LogP contribution in [0.1, 0.15) is 56.1 Å². The fourth-order valence-electron chi connectivity index (χ4n) is 6.08. The lowest BCUT2D eigenvalue weighted by Crippen LogP contribution is -2.42. The SMILES string of the molecule is C[C@]12CCC3c4cc5cccc(Cl)c5cc4CCC3C1CCC2=O. The number of hydrogen-bond acceptors (Lipinski definition) is 1. The number of carbonyl (C=O) groups is 1. The number of carbonyl (C=O) groups excluding carboxylic acids is 1. The molecule has 0 aromatic heterocycles. The van der Waals surface area contributed by atoms with Crippen LogP contribution in [0.3, 0.4) is 0 Å². The second-order valence-corrected chi connectivity index (χ2v) is 8.75. The fraction of sp³-hybridized carbons (Fsp3) is 0.500. The minimum Gasteiger partial charge on any atom is -0.299 e. The molecule has 2 aromatic rings. The van der Waals surface area contributed by atoms with Gasteiger partial charge in [0.15, 0.2) is 0 Å². The van der Waals surface area contributed by atoms with Crippen LogP contribution in [0.15, 0.2) is 30.3 Å². The first-order chi connectivity index (χ1) is 11.6. The Labute approximate surface area is 148 Å². The highest BCUT2D eigenvalue weighted by Crippen LogP contribution is 2.59. The van der Waals surface area contributed by atoms with Crippen molar-refractivity contribution in [2.45, 2.75) is 51.4 Å². The number of benzene rings is 2. The molecule has 4 atom stereocenters. The smallest absolute Gasteiger partial charge is 0.139 e. The highest BCUT2D eigenvalue weighted by molar-refractivity contribution is 6.35. The van der Waals surface area contributed by atoms with Crippen molar-refractivity contribution in [3.8, 4) is 0 Å². The van der Waals surface area contributed by atoms with Crippen LogP contribution >= 0.6 is 11.6 Å². The summed E-state index contributed by atoms with van der Waals surface area (Å²) in [4.78, 5) is 12.4. The lowest BCUT2D eigenvalue weighted by molar-refractivity contribution is -0.129. The van der Waals surface area contributed by atoms with Crippen LogP contribution in [0.4, 0.5) is 0 Å². The van der Waals surface area contributed by atoms with Gasteiger partial charge in [0, 0.05) is 22.2 Å². The molecule has 2 heteroatoms. The number of fused-ring (bicyclic) bond motifs is 6. The maximum absolute atomic E-state index is 12.4. The van der Waals surface area contributed by atoms with Gasteiger partial charge in [0.2, 0.25) is 0 Å². The minimum absolute atomic E-state index is 0.0289. The van der Waals surface area contributed by atoms with E-state index in [4.69, 9.17) is 11.6 Å². The van der Waals surface area contributed by atoms with Crippen LogP contribution in [0.25, 0.3) is 10.8 Å². The topological polar surface area (TPSA) is 17.1 Å². The van der Waals surface area contributed by atoms with Crippen molar-refractivity contribution in [1.82, 2.24) is 0 Å². The molecule has 0 amide bonds. The Morgan fingerprint density at radius 2 is 2.00 bits per heavy atom. The number of hydrogen-bond donors (Lipinski definition) is 0. The Bertz CT molecular complexity index is 854. The maximum Gasteiger partial charge on any atom is 0.139 e. The molecular weight excluding hydrogens is 316 g/mol. The normalized spacial score (nSPS) is 34.8. The molecule has 0 N–H and O–H groups in total. The van der Waals surface area contributed by atoms with Crippen molar-refractivity contribution < 1.29 is 4.79 Å². The summed E-state index contributed by atoms with van der Waals surface area (Å²) in [5.74, 6) is 2.47. The van der Waals surface area contributed by atoms with Crippen LogP contribution in [0.2, 0.25) is 5.02 Å². The lowest BCUT2D eigenvalue weighted by atomic mass is 9.55. The highest BCUT2D eigenvalue weighted by atomic mass is 35.5. The molecule has 0 radical (unpaired) electrons. The van der Waals surface area contributed by atoms with Crippen molar-refractivity contribution in [3.05, 3.63) is 46.5 Å². The molecule has 0 spiro atoms. The molecule has 3 aliphatic rings. The zero-order valence-corrected chi connectivity index (χ0v) is 14.9. The van der Waals surface area contributed by atoms with Gasteiger partial charge in [-0.3, -0.25) is 4.79 Å². The molecule has 2 saturated carbocycles. The highest BCUT2D eigenvalue weighted by Gasteiger charge is 2.54. The summed E-state index contributed by atoms with van der Waals surface area (Å²) < 4.78 is 0. The number of ketones is 1. The van der Waals surface area contributed by atoms with E-state index in [1.807, 2.05) is 12.1 Å². The lowest BCUT2D eigenvalue weighted by Gasteiger charge is -2.48. The van der Waals surface area contributed by atoms with E-state index < -0.39 is 0 Å². The minimum atomic E-state index is -0.0289. The Kier molecular flexibility index (Phi) is 3.17. The van der Waals surface area contributed by atoms with E-state index in [0.29, 0.717) is 23.5 Å². The second-order valence-electron chi connectivity index (χ2n) is 8.35. The molecular formula is C22H23ClO. The summed E-state index contributed by atoms with van der Waals surface area (Å²) in [6.07, 6.45) is 6.54. The third kappa shape index (κ3) is 1.91. The maximum atomic E-state index is 12.4. The van der Waals surface area contributed by atoms with Gasteiger partial charge in [-0.15, -0.1) is 0 Å². The van der Waals surface area contributed by atoms with Crippen molar-refractivity contribution in [1.29, 1.82) is 0 Å². The van der Waals surface area contributed by atoms with Crippen molar-refractivity contribution in [2.75, 3.05) is 0 Å². The van der Waals surface area contributed by atoms with Crippen LogP contribution in [0, 0.1) is 17.3 Å². The summed E-state index contributed by atoms with van der Waals surface area (Å²) >= 11 is 6.41. The monoisotopic (exact) mass is 338 g/mol. The van der Waals surface area contributed by atoms with Crippen LogP contribution in [-0.4, -0.2) is 5.78 Å². The molecule has 3 unspecified atom stereocenters. The summed E-state index contributed by atoms with van der Waals surface area (Å²) in [5, 5.41) is 3.31. The first-order valence-corrected chi connectivity index (χ1v) is 9.70. The van der Waals surface area contributed by atoms with E-state index in [1.165, 1.54) is 29.2 Å². The Hall–Kier alpha value is -1.34. The average molecular weight is 339 g/mol. The van der Waals surface area contributed by atoms with Gasteiger partial charge in [-0.1, -0.05) is 36.7 Å². The summed E-state index contributed by atoms with van der Waals surface area (Å²) in [7, 11) is 0. The van der Waals surface area contributed by atoms with Gasteiger partial charge in [0.05, 0.1) is 0 Å². The van der Waals surface area contributed by atoms with Crippen molar-refractivity contribution in [2.24, 2.45) is 17.3 Å². The van der Waals surface area contributed by atoms with Crippen LogP contribution in [0.5, 0.6) is 0 Å². The predicted octanol–water partition coefficient (Wildman–Crippen LogP) is 5.92. The van der Waals surface area contributed by atoms with Gasteiger partial charge < -0.3 is 0 Å². The largest absolute Gasteiger partial charge is 0.299 e. The molecule has 124 valence electrons. The quantitative estimate of drug-likeness (QED) is 0.582. The molecule has 2 fully saturated rings. The number of Topliss-reactive ketones (excluding diaryl/α,β-unsaturated/α-hetero) is 1. The number of rotatable bonds is 0. The summed E-state index contributed by atoms with van der Waals surface area (Å²) in [6.45, 7) is 2.25. The van der Waals surface area contributed by atoms with E-state index in [0.717, 1.165) is 30.7 Å². The van der Waals surface area contributed by atoms with Gasteiger partial charge in [-0.25, -0.2) is 0 Å². The van der Waals surface area contributed by atoms with Gasteiger partial charge in [0.1, 0.15) is 5.78 Å². The molecule has 0 heterocycles. The van der Waals surface area contributed by atoms with Gasteiger partial charge in [0.25, 0.3) is 0 Å². The van der Waals surface area contributed by atoms with Crippen LogP contribution in [-0.2, 0) is 11.2 Å². The first-order valence-electron chi connectivity index (χ1n) is 9.32. The number of aryl methyl sites for hydroxylation is 1. The van der Waals surface area contributed by atoms with E-state index >= 15 is 0 Å².